The zero-order valence-electron chi connectivity index (χ0n) is 18.1. The minimum atomic E-state index is -0.649. The molecule has 0 aromatic heterocycles. The second-order valence-electron chi connectivity index (χ2n) is 7.78. The molecule has 0 atom stereocenters. The van der Waals surface area contributed by atoms with Crippen LogP contribution in [0, 0.1) is 0 Å². The van der Waals surface area contributed by atoms with Crippen molar-refractivity contribution in [2.24, 2.45) is 0 Å². The first-order valence-electron chi connectivity index (χ1n) is 10.4. The molecule has 3 aromatic carbocycles. The number of hydrogen-bond donors (Lipinski definition) is 1. The van der Waals surface area contributed by atoms with E-state index in [0.29, 0.717) is 22.6 Å². The van der Waals surface area contributed by atoms with Crippen LogP contribution in [-0.4, -0.2) is 36.2 Å². The molecule has 0 bridgehead atoms. The van der Waals surface area contributed by atoms with E-state index in [2.05, 4.69) is 5.32 Å². The van der Waals surface area contributed by atoms with Gasteiger partial charge in [-0.2, -0.15) is 0 Å². The molecule has 33 heavy (non-hydrogen) atoms. The van der Waals surface area contributed by atoms with Crippen molar-refractivity contribution in [1.29, 1.82) is 0 Å². The van der Waals surface area contributed by atoms with Crippen LogP contribution < -0.4 is 10.1 Å². The van der Waals surface area contributed by atoms with Crippen molar-refractivity contribution in [3.63, 3.8) is 0 Å². The van der Waals surface area contributed by atoms with Gasteiger partial charge in [-0.15, -0.1) is 0 Å². The summed E-state index contributed by atoms with van der Waals surface area (Å²) in [5.74, 6) is -1.12. The molecule has 0 radical (unpaired) electrons. The van der Waals surface area contributed by atoms with Crippen molar-refractivity contribution in [1.82, 2.24) is 0 Å². The van der Waals surface area contributed by atoms with Gasteiger partial charge in [0.25, 0.3) is 5.91 Å². The van der Waals surface area contributed by atoms with Crippen LogP contribution in [0.1, 0.15) is 56.0 Å². The molecule has 3 aromatic rings. The predicted octanol–water partition coefficient (Wildman–Crippen LogP) is 4.04. The van der Waals surface area contributed by atoms with Crippen LogP contribution in [0.2, 0.25) is 0 Å². The lowest BCUT2D eigenvalue weighted by molar-refractivity contribution is -0.119. The van der Waals surface area contributed by atoms with Gasteiger partial charge in [0.1, 0.15) is 5.75 Å². The van der Waals surface area contributed by atoms with Gasteiger partial charge in [0, 0.05) is 27.9 Å². The van der Waals surface area contributed by atoms with Gasteiger partial charge in [0.05, 0.1) is 11.7 Å². The SMILES string of the molecule is CC(C)Oc1ccc(C(=O)OCC(=O)Nc2ccc3c(c2)C(=O)c2ccccc2C3=O)cc1. The maximum atomic E-state index is 12.8. The molecule has 1 N–H and O–H groups in total. The van der Waals surface area contributed by atoms with E-state index in [4.69, 9.17) is 9.47 Å². The molecule has 1 amide bonds. The third-order valence-corrected chi connectivity index (χ3v) is 5.01. The Morgan fingerprint density at radius 3 is 2.06 bits per heavy atom. The van der Waals surface area contributed by atoms with Gasteiger partial charge in [0.15, 0.2) is 18.2 Å². The van der Waals surface area contributed by atoms with Gasteiger partial charge >= 0.3 is 5.97 Å². The van der Waals surface area contributed by atoms with Gasteiger partial charge in [-0.3, -0.25) is 14.4 Å². The highest BCUT2D eigenvalue weighted by molar-refractivity contribution is 6.28. The number of amides is 1. The van der Waals surface area contributed by atoms with Crippen LogP contribution in [0.4, 0.5) is 5.69 Å². The highest BCUT2D eigenvalue weighted by Crippen LogP contribution is 2.29. The fourth-order valence-electron chi connectivity index (χ4n) is 3.53. The summed E-state index contributed by atoms with van der Waals surface area (Å²) in [6, 6.07) is 17.5. The standard InChI is InChI=1S/C26H21NO6/c1-15(2)33-18-10-7-16(8-11-18)26(31)32-14-23(28)27-17-9-12-21-22(13-17)25(30)20-6-4-3-5-19(20)24(21)29/h3-13,15H,14H2,1-2H3,(H,27,28). The molecule has 7 nitrogen and oxygen atoms in total. The Hall–Kier alpha value is -4.26. The summed E-state index contributed by atoms with van der Waals surface area (Å²) in [5.41, 5.74) is 1.81. The number of anilines is 1. The largest absolute Gasteiger partial charge is 0.491 e. The van der Waals surface area contributed by atoms with Gasteiger partial charge in [-0.05, 0) is 56.3 Å². The molecule has 0 heterocycles. The Morgan fingerprint density at radius 1 is 0.818 bits per heavy atom. The molecular weight excluding hydrogens is 422 g/mol. The Morgan fingerprint density at radius 2 is 1.42 bits per heavy atom. The summed E-state index contributed by atoms with van der Waals surface area (Å²) in [6.45, 7) is 3.29. The van der Waals surface area contributed by atoms with Gasteiger partial charge in [0.2, 0.25) is 0 Å². The van der Waals surface area contributed by atoms with Crippen LogP contribution in [0.25, 0.3) is 0 Å². The van der Waals surface area contributed by atoms with E-state index < -0.39 is 18.5 Å². The molecule has 0 unspecified atom stereocenters. The number of ether oxygens (including phenoxy) is 2. The molecular formula is C26H21NO6. The predicted molar refractivity (Wildman–Crippen MR) is 121 cm³/mol. The Bertz CT molecular complexity index is 1260. The molecule has 4 rings (SSSR count). The average molecular weight is 443 g/mol. The minimum Gasteiger partial charge on any atom is -0.491 e. The molecule has 166 valence electrons. The second-order valence-corrected chi connectivity index (χ2v) is 7.78. The summed E-state index contributed by atoms with van der Waals surface area (Å²) in [7, 11) is 0. The van der Waals surface area contributed by atoms with E-state index >= 15 is 0 Å². The monoisotopic (exact) mass is 443 g/mol. The number of nitrogens with one attached hydrogen (secondary N) is 1. The van der Waals surface area contributed by atoms with Gasteiger partial charge < -0.3 is 14.8 Å². The molecule has 0 fully saturated rings. The van der Waals surface area contributed by atoms with Crippen molar-refractivity contribution >= 4 is 29.1 Å². The number of benzene rings is 3. The van der Waals surface area contributed by atoms with E-state index in [-0.39, 0.29) is 34.4 Å². The maximum Gasteiger partial charge on any atom is 0.338 e. The van der Waals surface area contributed by atoms with Crippen molar-refractivity contribution in [2.45, 2.75) is 20.0 Å². The van der Waals surface area contributed by atoms with E-state index in [9.17, 15) is 19.2 Å². The molecule has 7 heteroatoms. The van der Waals surface area contributed by atoms with Crippen molar-refractivity contribution in [3.8, 4) is 5.75 Å². The molecule has 0 aliphatic heterocycles. The van der Waals surface area contributed by atoms with Crippen molar-refractivity contribution < 1.29 is 28.7 Å². The van der Waals surface area contributed by atoms with E-state index in [0.717, 1.165) is 0 Å². The highest BCUT2D eigenvalue weighted by atomic mass is 16.5. The summed E-state index contributed by atoms with van der Waals surface area (Å²) >= 11 is 0. The normalized spacial score (nSPS) is 12.1. The fourth-order valence-corrected chi connectivity index (χ4v) is 3.53. The van der Waals surface area contributed by atoms with Crippen LogP contribution in [0.15, 0.2) is 66.7 Å². The summed E-state index contributed by atoms with van der Waals surface area (Å²) in [5, 5.41) is 2.59. The lowest BCUT2D eigenvalue weighted by Gasteiger charge is -2.18. The zero-order chi connectivity index (χ0) is 23.5. The third kappa shape index (κ3) is 4.67. The average Bonchev–Trinajstić information content (AvgIpc) is 2.81. The third-order valence-electron chi connectivity index (χ3n) is 5.01. The van der Waals surface area contributed by atoms with Crippen LogP contribution in [-0.2, 0) is 9.53 Å². The van der Waals surface area contributed by atoms with Crippen LogP contribution in [0.3, 0.4) is 0 Å². The minimum absolute atomic E-state index is 0.0123. The van der Waals surface area contributed by atoms with Crippen molar-refractivity contribution in [3.05, 3.63) is 94.5 Å². The Balaban J connectivity index is 1.39. The topological polar surface area (TPSA) is 98.8 Å². The number of hydrogen-bond acceptors (Lipinski definition) is 6. The number of fused-ring (bicyclic) bond motifs is 2. The summed E-state index contributed by atoms with van der Waals surface area (Å²) < 4.78 is 10.6. The number of carbonyl (C=O) groups is 4. The van der Waals surface area contributed by atoms with Gasteiger partial charge in [-0.25, -0.2) is 4.79 Å². The molecule has 0 saturated heterocycles. The number of esters is 1. The molecule has 0 spiro atoms. The van der Waals surface area contributed by atoms with Crippen molar-refractivity contribution in [2.75, 3.05) is 11.9 Å². The fraction of sp³-hybridized carbons (Fsp3) is 0.154. The van der Waals surface area contributed by atoms with E-state index in [1.165, 1.54) is 18.2 Å². The van der Waals surface area contributed by atoms with Crippen LogP contribution >= 0.6 is 0 Å². The lowest BCUT2D eigenvalue weighted by Crippen LogP contribution is -2.23. The van der Waals surface area contributed by atoms with E-state index in [1.54, 1.807) is 48.5 Å². The maximum absolute atomic E-state index is 12.8. The Labute approximate surface area is 190 Å². The number of ketones is 2. The smallest absolute Gasteiger partial charge is 0.338 e. The summed E-state index contributed by atoms with van der Waals surface area (Å²) in [6.07, 6.45) is 0.0123. The first-order valence-corrected chi connectivity index (χ1v) is 10.4. The lowest BCUT2D eigenvalue weighted by atomic mass is 9.84. The molecule has 1 aliphatic carbocycles. The molecule has 0 saturated carbocycles. The second kappa shape index (κ2) is 9.08. The number of carbonyl (C=O) groups excluding carboxylic acids is 4. The highest BCUT2D eigenvalue weighted by Gasteiger charge is 2.29. The first-order chi connectivity index (χ1) is 15.8. The van der Waals surface area contributed by atoms with E-state index in [1.807, 2.05) is 13.8 Å². The number of rotatable bonds is 6. The quantitative estimate of drug-likeness (QED) is 0.452. The first kappa shape index (κ1) is 22.0. The molecule has 1 aliphatic rings. The van der Waals surface area contributed by atoms with Crippen LogP contribution in [0.5, 0.6) is 5.75 Å². The summed E-state index contributed by atoms with van der Waals surface area (Å²) in [4.78, 5) is 49.9. The zero-order valence-corrected chi connectivity index (χ0v) is 18.1. The van der Waals surface area contributed by atoms with Gasteiger partial charge in [-0.1, -0.05) is 24.3 Å². The Kier molecular flexibility index (Phi) is 6.04.